The summed E-state index contributed by atoms with van der Waals surface area (Å²) in [6.07, 6.45) is 5.41. The van der Waals surface area contributed by atoms with E-state index in [0.717, 1.165) is 25.0 Å². The molecule has 0 spiro atoms. The van der Waals surface area contributed by atoms with Crippen LogP contribution in [0.4, 0.5) is 0 Å². The van der Waals surface area contributed by atoms with Crippen molar-refractivity contribution in [1.82, 2.24) is 15.0 Å². The summed E-state index contributed by atoms with van der Waals surface area (Å²) in [6.45, 7) is 0. The van der Waals surface area contributed by atoms with Gasteiger partial charge in [-0.3, -0.25) is 4.68 Å². The zero-order valence-corrected chi connectivity index (χ0v) is 11.2. The Hall–Kier alpha value is -1.68. The van der Waals surface area contributed by atoms with E-state index in [2.05, 4.69) is 34.6 Å². The molecule has 0 saturated heterocycles. The molecule has 1 N–H and O–H groups in total. The van der Waals surface area contributed by atoms with Gasteiger partial charge in [0.2, 0.25) is 0 Å². The zero-order chi connectivity index (χ0) is 13.2. The second-order valence-electron chi connectivity index (χ2n) is 5.35. The Morgan fingerprint density at radius 3 is 3.05 bits per heavy atom. The van der Waals surface area contributed by atoms with Crippen molar-refractivity contribution in [2.45, 2.75) is 37.7 Å². The van der Waals surface area contributed by atoms with Gasteiger partial charge in [0.25, 0.3) is 0 Å². The summed E-state index contributed by atoms with van der Waals surface area (Å²) < 4.78 is 1.68. The number of aliphatic hydroxyl groups excluding tert-OH is 1. The van der Waals surface area contributed by atoms with Crippen LogP contribution in [0, 0.1) is 0 Å². The highest BCUT2D eigenvalue weighted by Crippen LogP contribution is 2.34. The molecule has 1 aromatic heterocycles. The predicted octanol–water partition coefficient (Wildman–Crippen LogP) is 1.84. The van der Waals surface area contributed by atoms with E-state index < -0.39 is 0 Å². The van der Waals surface area contributed by atoms with E-state index in [-0.39, 0.29) is 12.0 Å². The summed E-state index contributed by atoms with van der Waals surface area (Å²) in [6, 6.07) is 8.47. The SMILES string of the molecule is Cn1cc(CC(O)C2CCCc3ccccc32)nn1. The molecule has 1 aliphatic carbocycles. The normalized spacial score (nSPS) is 20.0. The smallest absolute Gasteiger partial charge is 0.0852 e. The fraction of sp³-hybridized carbons (Fsp3) is 0.467. The maximum atomic E-state index is 10.5. The molecule has 4 heteroatoms. The quantitative estimate of drug-likeness (QED) is 0.912. The third-order valence-corrected chi connectivity index (χ3v) is 3.95. The Balaban J connectivity index is 1.79. The van der Waals surface area contributed by atoms with Crippen LogP contribution in [0.25, 0.3) is 0 Å². The molecule has 1 heterocycles. The molecule has 1 aromatic carbocycles. The van der Waals surface area contributed by atoms with Crippen LogP contribution in [0.3, 0.4) is 0 Å². The number of hydrogen-bond acceptors (Lipinski definition) is 3. The summed E-state index contributed by atoms with van der Waals surface area (Å²) in [5, 5.41) is 18.5. The van der Waals surface area contributed by atoms with Crippen LogP contribution >= 0.6 is 0 Å². The topological polar surface area (TPSA) is 50.9 Å². The first-order chi connectivity index (χ1) is 9.24. The molecule has 0 bridgehead atoms. The first-order valence-electron chi connectivity index (χ1n) is 6.85. The van der Waals surface area contributed by atoms with Gasteiger partial charge in [0.15, 0.2) is 0 Å². The summed E-state index contributed by atoms with van der Waals surface area (Å²) in [5.41, 5.74) is 3.56. The van der Waals surface area contributed by atoms with Crippen molar-refractivity contribution in [3.8, 4) is 0 Å². The highest BCUT2D eigenvalue weighted by molar-refractivity contribution is 5.33. The molecule has 2 unspecified atom stereocenters. The maximum Gasteiger partial charge on any atom is 0.0852 e. The summed E-state index contributed by atoms with van der Waals surface area (Å²) >= 11 is 0. The lowest BCUT2D eigenvalue weighted by atomic mass is 9.79. The Morgan fingerprint density at radius 1 is 1.42 bits per heavy atom. The number of aryl methyl sites for hydroxylation is 2. The minimum atomic E-state index is -0.377. The van der Waals surface area contributed by atoms with Crippen LogP contribution in [0.1, 0.15) is 35.6 Å². The molecule has 0 saturated carbocycles. The lowest BCUT2D eigenvalue weighted by Gasteiger charge is -2.29. The summed E-state index contributed by atoms with van der Waals surface area (Å²) in [4.78, 5) is 0. The van der Waals surface area contributed by atoms with Crippen molar-refractivity contribution in [1.29, 1.82) is 0 Å². The first kappa shape index (κ1) is 12.4. The van der Waals surface area contributed by atoms with E-state index in [1.54, 1.807) is 4.68 Å². The molecule has 4 nitrogen and oxygen atoms in total. The average Bonchev–Trinajstić information content (AvgIpc) is 2.83. The van der Waals surface area contributed by atoms with Crippen molar-refractivity contribution in [2.24, 2.45) is 7.05 Å². The number of aromatic nitrogens is 3. The largest absolute Gasteiger partial charge is 0.392 e. The van der Waals surface area contributed by atoms with Crippen LogP contribution in [0.2, 0.25) is 0 Å². The molecule has 1 aliphatic rings. The third-order valence-electron chi connectivity index (χ3n) is 3.95. The van der Waals surface area contributed by atoms with E-state index in [4.69, 9.17) is 0 Å². The van der Waals surface area contributed by atoms with Gasteiger partial charge in [0, 0.05) is 25.6 Å². The number of benzene rings is 1. The van der Waals surface area contributed by atoms with E-state index in [1.165, 1.54) is 11.1 Å². The predicted molar refractivity (Wildman–Crippen MR) is 72.8 cm³/mol. The maximum absolute atomic E-state index is 10.5. The Kier molecular flexibility index (Phi) is 3.34. The molecular formula is C15H19N3O. The minimum Gasteiger partial charge on any atom is -0.392 e. The lowest BCUT2D eigenvalue weighted by molar-refractivity contribution is 0.133. The van der Waals surface area contributed by atoms with Gasteiger partial charge in [0.05, 0.1) is 11.8 Å². The monoisotopic (exact) mass is 257 g/mol. The van der Waals surface area contributed by atoms with Crippen LogP contribution in [-0.2, 0) is 19.9 Å². The molecule has 0 amide bonds. The van der Waals surface area contributed by atoms with Crippen molar-refractivity contribution >= 4 is 0 Å². The van der Waals surface area contributed by atoms with Crippen LogP contribution in [0.5, 0.6) is 0 Å². The summed E-state index contributed by atoms with van der Waals surface area (Å²) in [5.74, 6) is 0.229. The second kappa shape index (κ2) is 5.13. The van der Waals surface area contributed by atoms with Crippen molar-refractivity contribution in [2.75, 3.05) is 0 Å². The molecule has 0 radical (unpaired) electrons. The van der Waals surface area contributed by atoms with E-state index in [0.29, 0.717) is 6.42 Å². The lowest BCUT2D eigenvalue weighted by Crippen LogP contribution is -2.25. The molecule has 2 atom stereocenters. The van der Waals surface area contributed by atoms with Crippen molar-refractivity contribution < 1.29 is 5.11 Å². The average molecular weight is 257 g/mol. The summed E-state index contributed by atoms with van der Waals surface area (Å²) in [7, 11) is 1.85. The number of rotatable bonds is 3. The fourth-order valence-corrected chi connectivity index (χ4v) is 3.04. The van der Waals surface area contributed by atoms with Gasteiger partial charge in [-0.25, -0.2) is 0 Å². The van der Waals surface area contributed by atoms with Crippen LogP contribution in [-0.4, -0.2) is 26.2 Å². The van der Waals surface area contributed by atoms with E-state index in [1.807, 2.05) is 13.2 Å². The number of hydrogen-bond donors (Lipinski definition) is 1. The number of aliphatic hydroxyl groups is 1. The van der Waals surface area contributed by atoms with Gasteiger partial charge in [-0.1, -0.05) is 29.5 Å². The molecule has 0 fully saturated rings. The molecular weight excluding hydrogens is 238 g/mol. The van der Waals surface area contributed by atoms with Crippen LogP contribution < -0.4 is 0 Å². The fourth-order valence-electron chi connectivity index (χ4n) is 3.04. The highest BCUT2D eigenvalue weighted by atomic mass is 16.3. The van der Waals surface area contributed by atoms with Crippen molar-refractivity contribution in [3.63, 3.8) is 0 Å². The molecule has 19 heavy (non-hydrogen) atoms. The van der Waals surface area contributed by atoms with Gasteiger partial charge in [0.1, 0.15) is 0 Å². The molecule has 3 rings (SSSR count). The van der Waals surface area contributed by atoms with Gasteiger partial charge in [-0.05, 0) is 30.4 Å². The first-order valence-corrected chi connectivity index (χ1v) is 6.85. The van der Waals surface area contributed by atoms with Gasteiger partial charge >= 0.3 is 0 Å². The van der Waals surface area contributed by atoms with E-state index >= 15 is 0 Å². The Morgan fingerprint density at radius 2 is 2.26 bits per heavy atom. The minimum absolute atomic E-state index is 0.229. The zero-order valence-electron chi connectivity index (χ0n) is 11.2. The standard InChI is InChI=1S/C15H19N3O/c1-18-10-12(16-17-18)9-15(19)14-8-4-6-11-5-2-3-7-13(11)14/h2-3,5,7,10,14-15,19H,4,6,8-9H2,1H3. The van der Waals surface area contributed by atoms with Gasteiger partial charge in [-0.2, -0.15) is 0 Å². The second-order valence-corrected chi connectivity index (χ2v) is 5.35. The third kappa shape index (κ3) is 2.54. The van der Waals surface area contributed by atoms with E-state index in [9.17, 15) is 5.11 Å². The number of fused-ring (bicyclic) bond motifs is 1. The Bertz CT molecular complexity index is 564. The molecule has 0 aliphatic heterocycles. The molecule has 2 aromatic rings. The van der Waals surface area contributed by atoms with Gasteiger partial charge < -0.3 is 5.11 Å². The van der Waals surface area contributed by atoms with Gasteiger partial charge in [-0.15, -0.1) is 5.10 Å². The van der Waals surface area contributed by atoms with Crippen LogP contribution in [0.15, 0.2) is 30.5 Å². The Labute approximate surface area is 113 Å². The molecule has 100 valence electrons. The number of nitrogens with zero attached hydrogens (tertiary/aromatic N) is 3. The van der Waals surface area contributed by atoms with Crippen molar-refractivity contribution in [3.05, 3.63) is 47.3 Å². The highest BCUT2D eigenvalue weighted by Gasteiger charge is 2.26.